The average molecular weight is 410 g/mol. The van der Waals surface area contributed by atoms with E-state index in [1.165, 1.54) is 39.4 Å². The van der Waals surface area contributed by atoms with Crippen molar-refractivity contribution in [2.45, 2.75) is 5.03 Å². The molecule has 0 aliphatic rings. The van der Waals surface area contributed by atoms with Crippen molar-refractivity contribution in [3.63, 3.8) is 0 Å². The van der Waals surface area contributed by atoms with Crippen LogP contribution in [0, 0.1) is 0 Å². The summed E-state index contributed by atoms with van der Waals surface area (Å²) in [6.45, 7) is 0. The number of benzene rings is 1. The molecule has 0 fully saturated rings. The number of nitrogens with one attached hydrogen (secondary N) is 2. The lowest BCUT2D eigenvalue weighted by atomic mass is 10.2. The smallest absolute Gasteiger partial charge is 0.234 e. The van der Waals surface area contributed by atoms with Crippen LogP contribution in [0.1, 0.15) is 0 Å². The van der Waals surface area contributed by atoms with Crippen LogP contribution in [-0.2, 0) is 4.79 Å². The highest BCUT2D eigenvalue weighted by molar-refractivity contribution is 8.00. The van der Waals surface area contributed by atoms with E-state index in [1.807, 2.05) is 0 Å². The van der Waals surface area contributed by atoms with Crippen LogP contribution in [-0.4, -0.2) is 52.9 Å². The molecule has 2 aromatic heterocycles. The van der Waals surface area contributed by atoms with Crippen LogP contribution in [0.2, 0.25) is 5.28 Å². The molecule has 2 N–H and O–H groups in total. The Kier molecular flexibility index (Phi) is 5.87. The van der Waals surface area contributed by atoms with Crippen molar-refractivity contribution in [3.8, 4) is 17.2 Å². The number of fused-ring (bicyclic) bond motifs is 1. The van der Waals surface area contributed by atoms with Gasteiger partial charge in [0.2, 0.25) is 16.9 Å². The zero-order valence-electron chi connectivity index (χ0n) is 14.7. The lowest BCUT2D eigenvalue weighted by Crippen LogP contribution is -2.14. The van der Waals surface area contributed by atoms with Crippen molar-refractivity contribution >= 4 is 46.1 Å². The predicted molar refractivity (Wildman–Crippen MR) is 102 cm³/mol. The zero-order valence-corrected chi connectivity index (χ0v) is 16.3. The Morgan fingerprint density at radius 3 is 2.52 bits per heavy atom. The first-order chi connectivity index (χ1) is 13.0. The Hall–Kier alpha value is -2.72. The maximum atomic E-state index is 12.4. The van der Waals surface area contributed by atoms with E-state index in [4.69, 9.17) is 25.8 Å². The first-order valence-corrected chi connectivity index (χ1v) is 9.01. The molecule has 1 aromatic carbocycles. The number of carbonyl (C=O) groups excluding carboxylic acids is 1. The Bertz CT molecular complexity index is 956. The maximum absolute atomic E-state index is 12.4. The third-order valence-corrected chi connectivity index (χ3v) is 4.66. The summed E-state index contributed by atoms with van der Waals surface area (Å²) in [6, 6.07) is 3.30. The normalized spacial score (nSPS) is 10.7. The molecule has 0 radical (unpaired) electrons. The number of methoxy groups -OCH3 is 3. The van der Waals surface area contributed by atoms with Crippen molar-refractivity contribution in [1.29, 1.82) is 0 Å². The third kappa shape index (κ3) is 4.17. The number of imidazole rings is 1. The fourth-order valence-electron chi connectivity index (χ4n) is 2.37. The van der Waals surface area contributed by atoms with Crippen molar-refractivity contribution < 1.29 is 19.0 Å². The summed E-state index contributed by atoms with van der Waals surface area (Å²) < 4.78 is 15.8. The van der Waals surface area contributed by atoms with Gasteiger partial charge in [-0.3, -0.25) is 4.79 Å². The number of ether oxygens (including phenoxy) is 3. The van der Waals surface area contributed by atoms with Gasteiger partial charge in [0.05, 0.1) is 33.4 Å². The van der Waals surface area contributed by atoms with E-state index in [-0.39, 0.29) is 16.9 Å². The molecule has 0 spiro atoms. The average Bonchev–Trinajstić information content (AvgIpc) is 3.13. The predicted octanol–water partition coefficient (Wildman–Crippen LogP) is 2.76. The number of rotatable bonds is 7. The van der Waals surface area contributed by atoms with E-state index in [0.717, 1.165) is 0 Å². The quantitative estimate of drug-likeness (QED) is 0.348. The van der Waals surface area contributed by atoms with Crippen molar-refractivity contribution in [2.24, 2.45) is 0 Å². The van der Waals surface area contributed by atoms with Crippen molar-refractivity contribution in [3.05, 3.63) is 23.7 Å². The van der Waals surface area contributed by atoms with E-state index < -0.39 is 0 Å². The lowest BCUT2D eigenvalue weighted by Gasteiger charge is -2.14. The summed E-state index contributed by atoms with van der Waals surface area (Å²) in [5.41, 5.74) is 1.59. The van der Waals surface area contributed by atoms with Crippen LogP contribution in [0.3, 0.4) is 0 Å². The molecule has 2 heterocycles. The van der Waals surface area contributed by atoms with E-state index in [9.17, 15) is 4.79 Å². The number of aromatic amines is 1. The number of hydrogen-bond donors (Lipinski definition) is 2. The molecule has 1 amide bonds. The van der Waals surface area contributed by atoms with Gasteiger partial charge < -0.3 is 24.5 Å². The molecule has 0 bridgehead atoms. The van der Waals surface area contributed by atoms with Crippen LogP contribution >= 0.6 is 23.4 Å². The monoisotopic (exact) mass is 409 g/mol. The second kappa shape index (κ2) is 8.31. The fourth-order valence-corrected chi connectivity index (χ4v) is 3.37. The topological polar surface area (TPSA) is 111 Å². The van der Waals surface area contributed by atoms with Crippen molar-refractivity contribution in [2.75, 3.05) is 32.4 Å². The minimum absolute atomic E-state index is 0.0714. The molecule has 3 aromatic rings. The summed E-state index contributed by atoms with van der Waals surface area (Å²) in [5, 5.41) is 3.41. The highest BCUT2D eigenvalue weighted by Gasteiger charge is 2.16. The Balaban J connectivity index is 1.73. The minimum atomic E-state index is -0.239. The molecule has 9 nitrogen and oxygen atoms in total. The van der Waals surface area contributed by atoms with Gasteiger partial charge in [-0.15, -0.1) is 0 Å². The van der Waals surface area contributed by atoms with Gasteiger partial charge >= 0.3 is 0 Å². The molecule has 0 saturated heterocycles. The molecular weight excluding hydrogens is 394 g/mol. The number of thioether (sulfide) groups is 1. The molecule has 0 atom stereocenters. The van der Waals surface area contributed by atoms with Gasteiger partial charge in [0.1, 0.15) is 10.5 Å². The molecule has 27 heavy (non-hydrogen) atoms. The van der Waals surface area contributed by atoms with E-state index >= 15 is 0 Å². The van der Waals surface area contributed by atoms with Gasteiger partial charge in [0, 0.05) is 17.8 Å². The van der Waals surface area contributed by atoms with E-state index in [0.29, 0.717) is 39.1 Å². The molecule has 142 valence electrons. The molecule has 0 aliphatic heterocycles. The molecule has 0 saturated carbocycles. The van der Waals surface area contributed by atoms with Crippen LogP contribution in [0.25, 0.3) is 11.2 Å². The molecule has 0 aliphatic carbocycles. The summed E-state index contributed by atoms with van der Waals surface area (Å²) in [7, 11) is 4.53. The molecule has 3 rings (SSSR count). The second-order valence-electron chi connectivity index (χ2n) is 5.15. The third-order valence-electron chi connectivity index (χ3n) is 3.51. The van der Waals surface area contributed by atoms with Crippen LogP contribution < -0.4 is 19.5 Å². The second-order valence-corrected chi connectivity index (χ2v) is 6.45. The van der Waals surface area contributed by atoms with Gasteiger partial charge in [-0.1, -0.05) is 11.8 Å². The van der Waals surface area contributed by atoms with Crippen molar-refractivity contribution in [1.82, 2.24) is 19.9 Å². The Morgan fingerprint density at radius 2 is 1.89 bits per heavy atom. The lowest BCUT2D eigenvalue weighted by molar-refractivity contribution is -0.113. The number of halogens is 1. The number of hydrogen-bond acceptors (Lipinski definition) is 8. The number of amides is 1. The first-order valence-electron chi connectivity index (χ1n) is 7.65. The summed E-state index contributed by atoms with van der Waals surface area (Å²) in [4.78, 5) is 27.5. The SMILES string of the molecule is COc1cc(NC(=O)CSc2nc(Cl)nc3nc[nH]c23)cc(OC)c1OC. The Labute approximate surface area is 163 Å². The number of carbonyl (C=O) groups is 1. The van der Waals surface area contributed by atoms with Gasteiger partial charge in [0.15, 0.2) is 17.1 Å². The van der Waals surface area contributed by atoms with Gasteiger partial charge in [-0.05, 0) is 11.6 Å². The largest absolute Gasteiger partial charge is 0.493 e. The number of nitrogens with zero attached hydrogens (tertiary/aromatic N) is 3. The Morgan fingerprint density at radius 1 is 1.19 bits per heavy atom. The summed E-state index contributed by atoms with van der Waals surface area (Å²) in [5.74, 6) is 1.21. The number of H-pyrrole nitrogens is 1. The molecule has 11 heteroatoms. The van der Waals surface area contributed by atoms with Gasteiger partial charge in [0.25, 0.3) is 0 Å². The molecule has 0 unspecified atom stereocenters. The number of anilines is 1. The fraction of sp³-hybridized carbons (Fsp3) is 0.250. The zero-order chi connectivity index (χ0) is 19.4. The summed E-state index contributed by atoms with van der Waals surface area (Å²) in [6.07, 6.45) is 1.50. The van der Waals surface area contributed by atoms with Crippen LogP contribution in [0.15, 0.2) is 23.5 Å². The summed E-state index contributed by atoms with van der Waals surface area (Å²) >= 11 is 7.11. The van der Waals surface area contributed by atoms with E-state index in [1.54, 1.807) is 12.1 Å². The van der Waals surface area contributed by atoms with Gasteiger partial charge in [-0.2, -0.15) is 4.98 Å². The highest BCUT2D eigenvalue weighted by atomic mass is 35.5. The minimum Gasteiger partial charge on any atom is -0.493 e. The van der Waals surface area contributed by atoms with E-state index in [2.05, 4.69) is 25.3 Å². The molecular formula is C16H16ClN5O4S. The standard InChI is InChI=1S/C16H16ClN5O4S/c1-24-9-4-8(5-10(25-2)13(9)26-3)20-11(23)6-27-15-12-14(19-7-18-12)21-16(17)22-15/h4-5,7H,6H2,1-3H3,(H,20,23)(H,18,19,21,22). The van der Waals surface area contributed by atoms with Gasteiger partial charge in [-0.25, -0.2) is 9.97 Å². The number of aromatic nitrogens is 4. The maximum Gasteiger partial charge on any atom is 0.234 e. The highest BCUT2D eigenvalue weighted by Crippen LogP contribution is 2.40. The van der Waals surface area contributed by atoms with Crippen LogP contribution in [0.4, 0.5) is 5.69 Å². The van der Waals surface area contributed by atoms with Crippen LogP contribution in [0.5, 0.6) is 17.2 Å². The first kappa shape index (κ1) is 19.1.